The molecule has 1 aromatic carbocycles. The summed E-state index contributed by atoms with van der Waals surface area (Å²) in [6.45, 7) is 5.66. The zero-order chi connectivity index (χ0) is 19.2. The van der Waals surface area contributed by atoms with Crippen LogP contribution in [0.2, 0.25) is 0 Å². The van der Waals surface area contributed by atoms with Gasteiger partial charge in [0, 0.05) is 10.7 Å². The number of hydrogen-bond donors (Lipinski definition) is 2. The van der Waals surface area contributed by atoms with Crippen LogP contribution in [-0.2, 0) is 4.84 Å². The number of halogens is 2. The molecular weight excluding hydrogens is 415 g/mol. The van der Waals surface area contributed by atoms with Crippen molar-refractivity contribution in [2.45, 2.75) is 32.5 Å². The number of rotatable bonds is 4. The average molecular weight is 433 g/mol. The number of hydroxylamine groups is 1. The largest absolute Gasteiger partial charge is 0.363 e. The van der Waals surface area contributed by atoms with Crippen LogP contribution in [0.25, 0.3) is 5.65 Å². The highest BCUT2D eigenvalue weighted by atomic mass is 79.9. The van der Waals surface area contributed by atoms with Gasteiger partial charge in [0.2, 0.25) is 0 Å². The molecule has 0 radical (unpaired) electrons. The number of fused-ring (bicyclic) bond motifs is 1. The van der Waals surface area contributed by atoms with Crippen molar-refractivity contribution >= 4 is 33.2 Å². The number of nitrogens with zero attached hydrogens (tertiary/aromatic N) is 4. The van der Waals surface area contributed by atoms with E-state index in [9.17, 15) is 4.39 Å². The second-order valence-corrected chi connectivity index (χ2v) is 7.64. The summed E-state index contributed by atoms with van der Waals surface area (Å²) >= 11 is 3.47. The zero-order valence-corrected chi connectivity index (χ0v) is 16.6. The van der Waals surface area contributed by atoms with Crippen LogP contribution in [0.1, 0.15) is 37.9 Å². The summed E-state index contributed by atoms with van der Waals surface area (Å²) in [6, 6.07) is 6.28. The number of hydrogen-bond acceptors (Lipinski definition) is 6. The van der Waals surface area contributed by atoms with Crippen LogP contribution in [0.5, 0.6) is 0 Å². The number of anilines is 1. The van der Waals surface area contributed by atoms with Crippen LogP contribution in [-0.4, -0.2) is 26.2 Å². The normalized spacial score (nSPS) is 16.9. The van der Waals surface area contributed by atoms with Gasteiger partial charge in [-0.15, -0.1) is 0 Å². The minimum Gasteiger partial charge on any atom is -0.363 e. The maximum atomic E-state index is 13.6. The Hall–Kier alpha value is -2.52. The molecular formula is C18H18BrFN6O. The van der Waals surface area contributed by atoms with Crippen molar-refractivity contribution in [3.63, 3.8) is 0 Å². The fourth-order valence-electron chi connectivity index (χ4n) is 2.87. The Kier molecular flexibility index (Phi) is 4.35. The van der Waals surface area contributed by atoms with E-state index in [1.807, 2.05) is 33.0 Å². The van der Waals surface area contributed by atoms with Crippen LogP contribution in [0.15, 0.2) is 46.1 Å². The monoisotopic (exact) mass is 432 g/mol. The number of aliphatic imine (C=N–C) groups is 1. The standard InChI is InChI=1S/C18H18BrFN6O/c1-10(12-8-11(20)4-5-14(12)19)22-15-6-7-26-17(23-15)13(9-21-26)16-24-18(2,3)27-25-16/h4-10H,1-3H3,(H,22,23)(H,24,25). The first kappa shape index (κ1) is 17.9. The first-order valence-electron chi connectivity index (χ1n) is 8.42. The van der Waals surface area contributed by atoms with Gasteiger partial charge in [-0.05, 0) is 50.6 Å². The zero-order valence-electron chi connectivity index (χ0n) is 15.0. The molecule has 0 aliphatic carbocycles. The van der Waals surface area contributed by atoms with Gasteiger partial charge in [-0.1, -0.05) is 15.9 Å². The first-order chi connectivity index (χ1) is 12.8. The predicted octanol–water partition coefficient (Wildman–Crippen LogP) is 3.82. The summed E-state index contributed by atoms with van der Waals surface area (Å²) in [7, 11) is 0. The second kappa shape index (κ2) is 6.58. The molecule has 0 amide bonds. The topological polar surface area (TPSA) is 75.8 Å². The van der Waals surface area contributed by atoms with E-state index >= 15 is 0 Å². The molecule has 3 heterocycles. The fraction of sp³-hybridized carbons (Fsp3) is 0.278. The summed E-state index contributed by atoms with van der Waals surface area (Å²) in [5.41, 5.74) is 4.37. The molecule has 7 nitrogen and oxygen atoms in total. The lowest BCUT2D eigenvalue weighted by atomic mass is 10.1. The molecule has 2 N–H and O–H groups in total. The minimum atomic E-state index is -0.641. The molecule has 3 aromatic rings. The van der Waals surface area contributed by atoms with Gasteiger partial charge in [-0.3, -0.25) is 0 Å². The smallest absolute Gasteiger partial charge is 0.182 e. The van der Waals surface area contributed by atoms with Gasteiger partial charge in [0.1, 0.15) is 11.6 Å². The Morgan fingerprint density at radius 3 is 2.89 bits per heavy atom. The molecule has 0 spiro atoms. The summed E-state index contributed by atoms with van der Waals surface area (Å²) in [4.78, 5) is 14.6. The predicted molar refractivity (Wildman–Crippen MR) is 104 cm³/mol. The van der Waals surface area contributed by atoms with Crippen molar-refractivity contribution in [3.05, 3.63) is 58.1 Å². The van der Waals surface area contributed by atoms with Gasteiger partial charge >= 0.3 is 0 Å². The third-order valence-corrected chi connectivity index (χ3v) is 4.91. The van der Waals surface area contributed by atoms with Crippen molar-refractivity contribution < 1.29 is 9.23 Å². The van der Waals surface area contributed by atoms with E-state index in [0.29, 0.717) is 17.3 Å². The molecule has 0 saturated carbocycles. The van der Waals surface area contributed by atoms with Gasteiger partial charge in [0.25, 0.3) is 0 Å². The van der Waals surface area contributed by atoms with Gasteiger partial charge in [-0.2, -0.15) is 5.10 Å². The number of benzene rings is 1. The van der Waals surface area contributed by atoms with Gasteiger partial charge in [0.05, 0.1) is 17.8 Å². The van der Waals surface area contributed by atoms with Crippen molar-refractivity contribution in [1.82, 2.24) is 20.1 Å². The van der Waals surface area contributed by atoms with Gasteiger partial charge in [-0.25, -0.2) is 29.2 Å². The van der Waals surface area contributed by atoms with Crippen molar-refractivity contribution in [3.8, 4) is 0 Å². The minimum absolute atomic E-state index is 0.152. The Labute approximate surface area is 163 Å². The van der Waals surface area contributed by atoms with Crippen LogP contribution in [0.3, 0.4) is 0 Å². The molecule has 0 bridgehead atoms. The summed E-state index contributed by atoms with van der Waals surface area (Å²) in [6.07, 6.45) is 3.50. The van der Waals surface area contributed by atoms with Crippen molar-refractivity contribution in [2.75, 3.05) is 5.32 Å². The Morgan fingerprint density at radius 1 is 1.33 bits per heavy atom. The molecule has 27 heavy (non-hydrogen) atoms. The van der Waals surface area contributed by atoms with Gasteiger partial charge in [0.15, 0.2) is 17.2 Å². The molecule has 0 saturated heterocycles. The number of amidine groups is 1. The molecule has 0 fully saturated rings. The average Bonchev–Trinajstić information content (AvgIpc) is 3.19. The lowest BCUT2D eigenvalue weighted by Crippen LogP contribution is -2.23. The Bertz CT molecular complexity index is 1050. The SMILES string of the molecule is CC(Nc1ccn2ncc(C3=NC(C)(C)ON3)c2n1)c1cc(F)ccc1Br. The molecule has 140 valence electrons. The van der Waals surface area contributed by atoms with Crippen LogP contribution in [0, 0.1) is 5.82 Å². The van der Waals surface area contributed by atoms with E-state index in [2.05, 4.69) is 41.8 Å². The summed E-state index contributed by atoms with van der Waals surface area (Å²) < 4.78 is 16.1. The van der Waals surface area contributed by atoms with Crippen LogP contribution >= 0.6 is 15.9 Å². The molecule has 1 unspecified atom stereocenters. The lowest BCUT2D eigenvalue weighted by Gasteiger charge is -2.16. The summed E-state index contributed by atoms with van der Waals surface area (Å²) in [5.74, 6) is 0.948. The molecule has 2 aromatic heterocycles. The molecule has 1 atom stereocenters. The van der Waals surface area contributed by atoms with E-state index in [4.69, 9.17) is 4.84 Å². The van der Waals surface area contributed by atoms with E-state index in [0.717, 1.165) is 15.6 Å². The molecule has 4 rings (SSSR count). The van der Waals surface area contributed by atoms with Crippen molar-refractivity contribution in [2.24, 2.45) is 4.99 Å². The highest BCUT2D eigenvalue weighted by molar-refractivity contribution is 9.10. The Morgan fingerprint density at radius 2 is 2.15 bits per heavy atom. The summed E-state index contributed by atoms with van der Waals surface area (Å²) in [5, 5.41) is 7.61. The first-order valence-corrected chi connectivity index (χ1v) is 9.22. The maximum Gasteiger partial charge on any atom is 0.182 e. The van der Waals surface area contributed by atoms with E-state index in [-0.39, 0.29) is 11.9 Å². The quantitative estimate of drug-likeness (QED) is 0.655. The van der Waals surface area contributed by atoms with Gasteiger partial charge < -0.3 is 5.32 Å². The van der Waals surface area contributed by atoms with E-state index in [1.165, 1.54) is 12.1 Å². The number of aromatic nitrogens is 3. The highest BCUT2D eigenvalue weighted by Crippen LogP contribution is 2.27. The lowest BCUT2D eigenvalue weighted by molar-refractivity contribution is -0.0269. The Balaban J connectivity index is 1.65. The molecule has 9 heteroatoms. The van der Waals surface area contributed by atoms with E-state index < -0.39 is 5.72 Å². The number of nitrogens with one attached hydrogen (secondary N) is 2. The highest BCUT2D eigenvalue weighted by Gasteiger charge is 2.28. The van der Waals surface area contributed by atoms with E-state index in [1.54, 1.807) is 16.8 Å². The maximum absolute atomic E-state index is 13.6. The third kappa shape index (κ3) is 3.52. The molecule has 1 aliphatic heterocycles. The molecule has 1 aliphatic rings. The van der Waals surface area contributed by atoms with Crippen LogP contribution in [0.4, 0.5) is 10.2 Å². The second-order valence-electron chi connectivity index (χ2n) is 6.78. The third-order valence-electron chi connectivity index (χ3n) is 4.19. The fourth-order valence-corrected chi connectivity index (χ4v) is 3.46. The van der Waals surface area contributed by atoms with Crippen LogP contribution < -0.4 is 10.8 Å². The van der Waals surface area contributed by atoms with Crippen molar-refractivity contribution in [1.29, 1.82) is 0 Å².